The first-order valence-corrected chi connectivity index (χ1v) is 6.83. The van der Waals surface area contributed by atoms with E-state index in [4.69, 9.17) is 4.52 Å². The maximum atomic E-state index is 9.62. The van der Waals surface area contributed by atoms with E-state index in [-0.39, 0.29) is 5.75 Å². The molecule has 0 radical (unpaired) electrons. The largest absolute Gasteiger partial charge is 0.507 e. The Labute approximate surface area is 115 Å². The first-order chi connectivity index (χ1) is 8.74. The maximum Gasteiger partial charge on any atom is 0.258 e. The fourth-order valence-corrected chi connectivity index (χ4v) is 2.38. The number of hydrogen-bond donors (Lipinski definition) is 1. The molecule has 18 heavy (non-hydrogen) atoms. The lowest BCUT2D eigenvalue weighted by Crippen LogP contribution is -1.79. The van der Waals surface area contributed by atoms with Gasteiger partial charge in [-0.15, -0.1) is 0 Å². The Morgan fingerprint density at radius 2 is 2.11 bits per heavy atom. The second-order valence-electron chi connectivity index (χ2n) is 3.60. The molecular formula is C12H7BrN2O2S. The molecule has 0 saturated carbocycles. The van der Waals surface area contributed by atoms with Crippen molar-refractivity contribution in [2.24, 2.45) is 0 Å². The van der Waals surface area contributed by atoms with Crippen LogP contribution in [-0.2, 0) is 0 Å². The van der Waals surface area contributed by atoms with Crippen LogP contribution in [0.2, 0.25) is 0 Å². The van der Waals surface area contributed by atoms with Crippen LogP contribution in [0.25, 0.3) is 22.8 Å². The molecule has 1 N–H and O–H groups in total. The molecule has 6 heteroatoms. The van der Waals surface area contributed by atoms with Gasteiger partial charge in [0.05, 0.1) is 4.47 Å². The zero-order chi connectivity index (χ0) is 12.5. The van der Waals surface area contributed by atoms with Crippen molar-refractivity contribution in [3.8, 4) is 28.6 Å². The minimum Gasteiger partial charge on any atom is -0.507 e. The van der Waals surface area contributed by atoms with Crippen LogP contribution < -0.4 is 0 Å². The number of rotatable bonds is 2. The molecule has 0 aliphatic heterocycles. The van der Waals surface area contributed by atoms with Gasteiger partial charge >= 0.3 is 0 Å². The van der Waals surface area contributed by atoms with Crippen molar-refractivity contribution < 1.29 is 9.63 Å². The number of halogens is 1. The van der Waals surface area contributed by atoms with Crippen LogP contribution in [0.1, 0.15) is 0 Å². The van der Waals surface area contributed by atoms with Gasteiger partial charge in [0.25, 0.3) is 5.89 Å². The number of hydrogen-bond acceptors (Lipinski definition) is 5. The highest BCUT2D eigenvalue weighted by Gasteiger charge is 2.12. The van der Waals surface area contributed by atoms with Crippen molar-refractivity contribution in [2.45, 2.75) is 0 Å². The number of phenolic OH excluding ortho intramolecular Hbond substituents is 1. The van der Waals surface area contributed by atoms with E-state index in [1.54, 1.807) is 29.5 Å². The van der Waals surface area contributed by atoms with Crippen LogP contribution in [0.3, 0.4) is 0 Å². The van der Waals surface area contributed by atoms with Gasteiger partial charge in [0.2, 0.25) is 5.82 Å². The Morgan fingerprint density at radius 1 is 1.22 bits per heavy atom. The smallest absolute Gasteiger partial charge is 0.258 e. The molecule has 0 aliphatic rings. The predicted molar refractivity (Wildman–Crippen MR) is 72.4 cm³/mol. The third-order valence-electron chi connectivity index (χ3n) is 2.40. The summed E-state index contributed by atoms with van der Waals surface area (Å²) in [5.41, 5.74) is 1.61. The summed E-state index contributed by atoms with van der Waals surface area (Å²) in [5.74, 6) is 1.08. The fraction of sp³-hybridized carbons (Fsp3) is 0. The Bertz CT molecular complexity index is 679. The van der Waals surface area contributed by atoms with Crippen molar-refractivity contribution in [1.29, 1.82) is 0 Å². The summed E-state index contributed by atoms with van der Waals surface area (Å²) in [7, 11) is 0. The summed E-state index contributed by atoms with van der Waals surface area (Å²) >= 11 is 4.80. The van der Waals surface area contributed by atoms with E-state index in [1.807, 2.05) is 16.8 Å². The quantitative estimate of drug-likeness (QED) is 0.776. The van der Waals surface area contributed by atoms with E-state index in [9.17, 15) is 5.11 Å². The summed E-state index contributed by atoms with van der Waals surface area (Å²) in [6.07, 6.45) is 0. The van der Waals surface area contributed by atoms with E-state index < -0.39 is 0 Å². The van der Waals surface area contributed by atoms with E-state index in [0.717, 1.165) is 5.56 Å². The van der Waals surface area contributed by atoms with Gasteiger partial charge in [-0.2, -0.15) is 16.3 Å². The molecule has 2 aromatic heterocycles. The Hall–Kier alpha value is -1.66. The minimum absolute atomic E-state index is 0.141. The molecule has 2 heterocycles. The molecule has 0 fully saturated rings. The van der Waals surface area contributed by atoms with Crippen LogP contribution in [0.5, 0.6) is 5.75 Å². The van der Waals surface area contributed by atoms with Crippen LogP contribution in [-0.4, -0.2) is 15.2 Å². The predicted octanol–water partition coefficient (Wildman–Crippen LogP) is 3.93. The number of aromatic hydroxyl groups is 1. The van der Waals surface area contributed by atoms with Crippen LogP contribution in [0, 0.1) is 0 Å². The highest BCUT2D eigenvalue weighted by atomic mass is 79.9. The second-order valence-corrected chi connectivity index (χ2v) is 5.24. The van der Waals surface area contributed by atoms with E-state index in [2.05, 4.69) is 26.1 Å². The molecule has 0 atom stereocenters. The van der Waals surface area contributed by atoms with Crippen LogP contribution >= 0.6 is 27.3 Å². The van der Waals surface area contributed by atoms with E-state index >= 15 is 0 Å². The van der Waals surface area contributed by atoms with Crippen molar-refractivity contribution in [2.75, 3.05) is 0 Å². The van der Waals surface area contributed by atoms with Gasteiger partial charge in [-0.1, -0.05) is 5.16 Å². The maximum absolute atomic E-state index is 9.62. The molecule has 0 aliphatic carbocycles. The highest BCUT2D eigenvalue weighted by molar-refractivity contribution is 9.10. The van der Waals surface area contributed by atoms with Gasteiger partial charge < -0.3 is 9.63 Å². The molecular weight excluding hydrogens is 316 g/mol. The summed E-state index contributed by atoms with van der Waals surface area (Å²) in [4.78, 5) is 4.30. The lowest BCUT2D eigenvalue weighted by atomic mass is 10.2. The molecule has 0 bridgehead atoms. The summed E-state index contributed by atoms with van der Waals surface area (Å²) in [6.45, 7) is 0. The number of nitrogens with zero attached hydrogens (tertiary/aromatic N) is 2. The van der Waals surface area contributed by atoms with Crippen molar-refractivity contribution in [3.05, 3.63) is 39.5 Å². The second kappa shape index (κ2) is 4.55. The monoisotopic (exact) mass is 322 g/mol. The number of phenols is 1. The average Bonchev–Trinajstić information content (AvgIpc) is 3.01. The molecule has 0 spiro atoms. The van der Waals surface area contributed by atoms with Crippen molar-refractivity contribution in [1.82, 2.24) is 10.1 Å². The van der Waals surface area contributed by atoms with Crippen molar-refractivity contribution >= 4 is 27.3 Å². The molecule has 0 unspecified atom stereocenters. The fourth-order valence-electron chi connectivity index (χ4n) is 1.50. The third-order valence-corrected chi connectivity index (χ3v) is 3.75. The van der Waals surface area contributed by atoms with Gasteiger partial charge in [0, 0.05) is 16.5 Å². The minimum atomic E-state index is 0.141. The highest BCUT2D eigenvalue weighted by Crippen LogP contribution is 2.30. The summed E-state index contributed by atoms with van der Waals surface area (Å²) < 4.78 is 5.82. The molecule has 0 saturated heterocycles. The lowest BCUT2D eigenvalue weighted by Gasteiger charge is -1.97. The lowest BCUT2D eigenvalue weighted by molar-refractivity contribution is 0.431. The summed E-state index contributed by atoms with van der Waals surface area (Å²) in [5, 5.41) is 17.4. The molecule has 1 aromatic carbocycles. The standard InChI is InChI=1S/C12H7BrN2O2S/c13-9-2-1-7(5-10(9)16)12-14-11(15-17-12)8-3-4-18-6-8/h1-6,16H. The van der Waals surface area contributed by atoms with Gasteiger partial charge in [-0.25, -0.2) is 0 Å². The zero-order valence-electron chi connectivity index (χ0n) is 9.00. The third kappa shape index (κ3) is 2.04. The van der Waals surface area contributed by atoms with Gasteiger partial charge in [-0.3, -0.25) is 0 Å². The normalized spacial score (nSPS) is 10.7. The summed E-state index contributed by atoms with van der Waals surface area (Å²) in [6, 6.07) is 7.04. The average molecular weight is 323 g/mol. The van der Waals surface area contributed by atoms with Gasteiger partial charge in [-0.05, 0) is 45.6 Å². The number of benzene rings is 1. The SMILES string of the molecule is Oc1cc(-c2nc(-c3ccsc3)no2)ccc1Br. The van der Waals surface area contributed by atoms with Crippen LogP contribution in [0.4, 0.5) is 0 Å². The topological polar surface area (TPSA) is 59.2 Å². The number of aromatic nitrogens is 2. The van der Waals surface area contributed by atoms with Crippen LogP contribution in [0.15, 0.2) is 44.0 Å². The molecule has 3 rings (SSSR count). The first kappa shape index (κ1) is 11.4. The molecule has 3 aromatic rings. The van der Waals surface area contributed by atoms with E-state index in [1.165, 1.54) is 0 Å². The van der Waals surface area contributed by atoms with Gasteiger partial charge in [0.1, 0.15) is 5.75 Å². The Balaban J connectivity index is 2.00. The van der Waals surface area contributed by atoms with Crippen molar-refractivity contribution in [3.63, 3.8) is 0 Å². The van der Waals surface area contributed by atoms with Gasteiger partial charge in [0.15, 0.2) is 0 Å². The molecule has 4 nitrogen and oxygen atoms in total. The Morgan fingerprint density at radius 3 is 2.83 bits per heavy atom. The van der Waals surface area contributed by atoms with E-state index in [0.29, 0.717) is 21.8 Å². The Kier molecular flexibility index (Phi) is 2.89. The molecule has 90 valence electrons. The molecule has 0 amide bonds. The zero-order valence-corrected chi connectivity index (χ0v) is 11.4. The first-order valence-electron chi connectivity index (χ1n) is 5.09. The number of thiophene rings is 1.